The van der Waals surface area contributed by atoms with Gasteiger partial charge in [-0.25, -0.2) is 9.37 Å². The first kappa shape index (κ1) is 21.6. The van der Waals surface area contributed by atoms with Crippen molar-refractivity contribution in [3.05, 3.63) is 83.8 Å². The Bertz CT molecular complexity index is 1090. The van der Waals surface area contributed by atoms with Crippen molar-refractivity contribution in [3.8, 4) is 11.5 Å². The summed E-state index contributed by atoms with van der Waals surface area (Å²) in [7, 11) is 0. The number of anilines is 1. The summed E-state index contributed by atoms with van der Waals surface area (Å²) in [6, 6.07) is 14.3. The maximum Gasteiger partial charge on any atom is 0.417 e. The Morgan fingerprint density at radius 1 is 1.06 bits per heavy atom. The molecule has 166 valence electrons. The zero-order chi connectivity index (χ0) is 22.7. The Morgan fingerprint density at radius 3 is 2.53 bits per heavy atom. The Hall–Kier alpha value is -3.62. The molecule has 0 aliphatic carbocycles. The predicted molar refractivity (Wildman–Crippen MR) is 110 cm³/mol. The van der Waals surface area contributed by atoms with E-state index in [0.717, 1.165) is 12.3 Å². The van der Waals surface area contributed by atoms with Crippen LogP contribution in [0.15, 0.2) is 66.9 Å². The first-order chi connectivity index (χ1) is 15.3. The molecule has 0 spiro atoms. The minimum absolute atomic E-state index is 0.173. The number of hydrogen-bond donors (Lipinski definition) is 1. The average Bonchev–Trinajstić information content (AvgIpc) is 3.23. The first-order valence-electron chi connectivity index (χ1n) is 9.90. The maximum atomic E-state index is 13.0. The van der Waals surface area contributed by atoms with E-state index in [2.05, 4.69) is 10.3 Å². The van der Waals surface area contributed by atoms with Crippen LogP contribution in [-0.2, 0) is 6.18 Å². The number of halogens is 4. The van der Waals surface area contributed by atoms with Gasteiger partial charge in [-0.15, -0.1) is 0 Å². The summed E-state index contributed by atoms with van der Waals surface area (Å²) >= 11 is 0. The van der Waals surface area contributed by atoms with Gasteiger partial charge in [0.1, 0.15) is 23.1 Å². The molecule has 1 aliphatic heterocycles. The Labute approximate surface area is 181 Å². The second-order valence-corrected chi connectivity index (χ2v) is 7.39. The molecule has 2 aromatic carbocycles. The Kier molecular flexibility index (Phi) is 5.98. The third-order valence-electron chi connectivity index (χ3n) is 5.07. The number of hydrogen-bond acceptors (Lipinski definition) is 4. The van der Waals surface area contributed by atoms with Crippen molar-refractivity contribution in [1.82, 2.24) is 10.3 Å². The molecule has 1 unspecified atom stereocenters. The van der Waals surface area contributed by atoms with Gasteiger partial charge in [0.15, 0.2) is 0 Å². The number of pyridine rings is 1. The number of rotatable bonds is 5. The van der Waals surface area contributed by atoms with Crippen LogP contribution >= 0.6 is 0 Å². The Morgan fingerprint density at radius 2 is 1.84 bits per heavy atom. The molecule has 0 bridgehead atoms. The number of amides is 1. The van der Waals surface area contributed by atoms with E-state index in [1.807, 2.05) is 4.90 Å². The average molecular weight is 445 g/mol. The molecule has 1 amide bonds. The molecule has 0 saturated carbocycles. The minimum Gasteiger partial charge on any atom is -0.457 e. The highest BCUT2D eigenvalue weighted by molar-refractivity contribution is 5.94. The van der Waals surface area contributed by atoms with Gasteiger partial charge in [-0.3, -0.25) is 4.79 Å². The van der Waals surface area contributed by atoms with Crippen LogP contribution in [0, 0.1) is 5.82 Å². The van der Waals surface area contributed by atoms with E-state index in [1.54, 1.807) is 24.3 Å². The lowest BCUT2D eigenvalue weighted by molar-refractivity contribution is -0.137. The van der Waals surface area contributed by atoms with E-state index in [4.69, 9.17) is 4.74 Å². The molecule has 1 fully saturated rings. The summed E-state index contributed by atoms with van der Waals surface area (Å²) in [5, 5.41) is 2.94. The van der Waals surface area contributed by atoms with E-state index in [-0.39, 0.29) is 17.8 Å². The summed E-state index contributed by atoms with van der Waals surface area (Å²) in [5.74, 6) is 0.652. The van der Waals surface area contributed by atoms with Gasteiger partial charge in [0.25, 0.3) is 5.91 Å². The van der Waals surface area contributed by atoms with E-state index < -0.39 is 11.7 Å². The van der Waals surface area contributed by atoms with Gasteiger partial charge in [0.05, 0.1) is 5.56 Å². The summed E-state index contributed by atoms with van der Waals surface area (Å²) in [6.45, 7) is 1.01. The summed E-state index contributed by atoms with van der Waals surface area (Å²) < 4.78 is 56.8. The summed E-state index contributed by atoms with van der Waals surface area (Å²) in [5.41, 5.74) is -0.399. The fourth-order valence-electron chi connectivity index (χ4n) is 3.44. The van der Waals surface area contributed by atoms with Crippen LogP contribution in [0.25, 0.3) is 0 Å². The molecule has 2 heterocycles. The van der Waals surface area contributed by atoms with Crippen molar-refractivity contribution in [2.24, 2.45) is 0 Å². The van der Waals surface area contributed by atoms with Crippen LogP contribution in [0.2, 0.25) is 0 Å². The van der Waals surface area contributed by atoms with Gasteiger partial charge in [0, 0.05) is 30.9 Å². The number of aromatic nitrogens is 1. The summed E-state index contributed by atoms with van der Waals surface area (Å²) in [4.78, 5) is 18.4. The minimum atomic E-state index is -4.43. The molecule has 1 aromatic heterocycles. The fourth-order valence-corrected chi connectivity index (χ4v) is 3.44. The highest BCUT2D eigenvalue weighted by atomic mass is 19.4. The third-order valence-corrected chi connectivity index (χ3v) is 5.07. The van der Waals surface area contributed by atoms with Crippen LogP contribution in [0.4, 0.5) is 23.4 Å². The largest absolute Gasteiger partial charge is 0.457 e. The van der Waals surface area contributed by atoms with E-state index in [9.17, 15) is 22.4 Å². The number of carbonyl (C=O) groups excluding carboxylic acids is 1. The normalized spacial score (nSPS) is 16.1. The predicted octanol–water partition coefficient (Wildman–Crippen LogP) is 5.04. The van der Waals surface area contributed by atoms with Crippen molar-refractivity contribution < 1.29 is 27.1 Å². The number of carbonyl (C=O) groups is 1. The quantitative estimate of drug-likeness (QED) is 0.559. The Balaban J connectivity index is 1.36. The number of benzene rings is 2. The van der Waals surface area contributed by atoms with Gasteiger partial charge >= 0.3 is 6.18 Å². The van der Waals surface area contributed by atoms with Crippen molar-refractivity contribution in [3.63, 3.8) is 0 Å². The van der Waals surface area contributed by atoms with E-state index in [1.165, 1.54) is 30.3 Å². The van der Waals surface area contributed by atoms with Crippen LogP contribution in [0.5, 0.6) is 11.5 Å². The zero-order valence-corrected chi connectivity index (χ0v) is 16.8. The molecule has 32 heavy (non-hydrogen) atoms. The fraction of sp³-hybridized carbons (Fsp3) is 0.217. The molecule has 0 radical (unpaired) electrons. The molecule has 1 N–H and O–H groups in total. The molecule has 3 aromatic rings. The van der Waals surface area contributed by atoms with Gasteiger partial charge < -0.3 is 15.0 Å². The lowest BCUT2D eigenvalue weighted by Crippen LogP contribution is -2.37. The summed E-state index contributed by atoms with van der Waals surface area (Å²) in [6.07, 6.45) is -2.98. The lowest BCUT2D eigenvalue weighted by atomic mass is 10.1. The van der Waals surface area contributed by atoms with Crippen LogP contribution in [0.1, 0.15) is 22.3 Å². The van der Waals surface area contributed by atoms with Gasteiger partial charge in [-0.1, -0.05) is 6.07 Å². The highest BCUT2D eigenvalue weighted by Crippen LogP contribution is 2.30. The zero-order valence-electron chi connectivity index (χ0n) is 16.8. The number of ether oxygens (including phenoxy) is 1. The van der Waals surface area contributed by atoms with Crippen molar-refractivity contribution in [2.75, 3.05) is 18.0 Å². The van der Waals surface area contributed by atoms with Crippen molar-refractivity contribution in [2.45, 2.75) is 18.6 Å². The monoisotopic (exact) mass is 445 g/mol. The van der Waals surface area contributed by atoms with E-state index in [0.29, 0.717) is 42.4 Å². The SMILES string of the molecule is O=C(NC1CCN(c2ccc(C(F)(F)F)cn2)C1)c1cccc(Oc2ccc(F)cc2)c1. The smallest absolute Gasteiger partial charge is 0.417 e. The van der Waals surface area contributed by atoms with Crippen LogP contribution < -0.4 is 15.0 Å². The maximum absolute atomic E-state index is 13.0. The van der Waals surface area contributed by atoms with Gasteiger partial charge in [-0.2, -0.15) is 13.2 Å². The molecule has 1 saturated heterocycles. The number of nitrogens with one attached hydrogen (secondary N) is 1. The van der Waals surface area contributed by atoms with Crippen molar-refractivity contribution >= 4 is 11.7 Å². The molecule has 5 nitrogen and oxygen atoms in total. The van der Waals surface area contributed by atoms with Crippen LogP contribution in [-0.4, -0.2) is 30.0 Å². The van der Waals surface area contributed by atoms with Gasteiger partial charge in [-0.05, 0) is 61.0 Å². The molecular weight excluding hydrogens is 426 g/mol. The second-order valence-electron chi connectivity index (χ2n) is 7.39. The lowest BCUT2D eigenvalue weighted by Gasteiger charge is -2.18. The number of nitrogens with zero attached hydrogens (tertiary/aromatic N) is 2. The van der Waals surface area contributed by atoms with E-state index >= 15 is 0 Å². The second kappa shape index (κ2) is 8.86. The third kappa shape index (κ3) is 5.16. The molecule has 4 rings (SSSR count). The topological polar surface area (TPSA) is 54.5 Å². The molecule has 9 heteroatoms. The molecular formula is C23H19F4N3O2. The first-order valence-corrected chi connectivity index (χ1v) is 9.90. The number of alkyl halides is 3. The van der Waals surface area contributed by atoms with Crippen molar-refractivity contribution in [1.29, 1.82) is 0 Å². The standard InChI is InChI=1S/C23H19F4N3O2/c24-17-5-7-19(8-6-17)32-20-3-1-2-15(12-20)22(31)29-18-10-11-30(14-18)21-9-4-16(13-28-21)23(25,26)27/h1-9,12-13,18H,10-11,14H2,(H,29,31). The molecule has 1 aliphatic rings. The van der Waals surface area contributed by atoms with Crippen LogP contribution in [0.3, 0.4) is 0 Å². The van der Waals surface area contributed by atoms with Gasteiger partial charge in [0.2, 0.25) is 0 Å². The molecule has 1 atom stereocenters. The highest BCUT2D eigenvalue weighted by Gasteiger charge is 2.31.